The number of primary amides is 1. The van der Waals surface area contributed by atoms with E-state index in [0.717, 1.165) is 5.56 Å². The largest absolute Gasteiger partial charge is 0.468 e. The molecule has 2 rings (SSSR count). The molecule has 6 heteroatoms. The van der Waals surface area contributed by atoms with Crippen LogP contribution in [0.25, 0.3) is 0 Å². The Balaban J connectivity index is 2.68. The fourth-order valence-electron chi connectivity index (χ4n) is 3.01. The maximum Gasteiger partial charge on any atom is 0.323 e. The van der Waals surface area contributed by atoms with E-state index >= 15 is 0 Å². The third kappa shape index (κ3) is 3.83. The minimum absolute atomic E-state index is 0.631. The number of nitriles is 1. The summed E-state index contributed by atoms with van der Waals surface area (Å²) in [5.74, 6) is -3.27. The minimum Gasteiger partial charge on any atom is -0.468 e. The second kappa shape index (κ2) is 8.06. The Kier molecular flexibility index (Phi) is 5.85. The molecule has 6 nitrogen and oxygen atoms in total. The van der Waals surface area contributed by atoms with Crippen LogP contribution >= 0.6 is 0 Å². The van der Waals surface area contributed by atoms with Gasteiger partial charge in [0.15, 0.2) is 18.3 Å². The molecule has 1 heterocycles. The van der Waals surface area contributed by atoms with Crippen LogP contribution in [0.2, 0.25) is 0 Å². The first kappa shape index (κ1) is 18.1. The maximum atomic E-state index is 12.3. The Hall–Kier alpha value is -3.20. The van der Waals surface area contributed by atoms with Crippen LogP contribution in [0.5, 0.6) is 0 Å². The first-order valence-electron chi connectivity index (χ1n) is 7.79. The van der Waals surface area contributed by atoms with Crippen LogP contribution in [0.3, 0.4) is 0 Å². The second-order valence-electron chi connectivity index (χ2n) is 5.68. The van der Waals surface area contributed by atoms with Crippen LogP contribution in [0.15, 0.2) is 54.9 Å². The quantitative estimate of drug-likeness (QED) is 0.636. The van der Waals surface area contributed by atoms with Crippen molar-refractivity contribution in [2.24, 2.45) is 11.7 Å². The maximum absolute atomic E-state index is 12.3. The molecule has 1 aromatic carbocycles. The smallest absolute Gasteiger partial charge is 0.323 e. The predicted molar refractivity (Wildman–Crippen MR) is 89.9 cm³/mol. The van der Waals surface area contributed by atoms with Crippen LogP contribution < -0.4 is 10.3 Å². The van der Waals surface area contributed by atoms with Crippen molar-refractivity contribution in [2.75, 3.05) is 7.11 Å². The molecule has 0 saturated heterocycles. The van der Waals surface area contributed by atoms with Gasteiger partial charge in [0.2, 0.25) is 6.04 Å². The minimum atomic E-state index is -1.17. The first-order valence-corrected chi connectivity index (χ1v) is 7.79. The number of hydrogen-bond acceptors (Lipinski definition) is 4. The highest BCUT2D eigenvalue weighted by Crippen LogP contribution is 2.35. The van der Waals surface area contributed by atoms with Gasteiger partial charge in [-0.2, -0.15) is 9.83 Å². The molecule has 0 aliphatic rings. The number of carbonyl (C=O) groups is 2. The molecule has 2 aromatic rings. The van der Waals surface area contributed by atoms with E-state index in [0.29, 0.717) is 5.56 Å². The molecule has 0 radical (unpaired) electrons. The summed E-state index contributed by atoms with van der Waals surface area (Å²) in [6, 6.07) is 13.7. The second-order valence-corrected chi connectivity index (χ2v) is 5.68. The summed E-state index contributed by atoms with van der Waals surface area (Å²) < 4.78 is 6.41. The number of benzene rings is 1. The molecule has 128 valence electrons. The van der Waals surface area contributed by atoms with Gasteiger partial charge in [-0.3, -0.25) is 9.59 Å². The SMILES string of the molecule is COC(=O)C(C#N)[C@@H](c1ccccc1C)[C@@H](C(N)=O)[n+]1ccccc1. The zero-order valence-corrected chi connectivity index (χ0v) is 14.1. The molecule has 0 saturated carbocycles. The van der Waals surface area contributed by atoms with Crippen molar-refractivity contribution < 1.29 is 18.9 Å². The molecule has 1 aromatic heterocycles. The van der Waals surface area contributed by atoms with Gasteiger partial charge in [0, 0.05) is 12.1 Å². The van der Waals surface area contributed by atoms with Crippen molar-refractivity contribution >= 4 is 11.9 Å². The van der Waals surface area contributed by atoms with Gasteiger partial charge >= 0.3 is 5.97 Å². The molecule has 25 heavy (non-hydrogen) atoms. The highest BCUT2D eigenvalue weighted by Gasteiger charge is 2.45. The van der Waals surface area contributed by atoms with E-state index < -0.39 is 29.8 Å². The molecular formula is C19H20N3O3+. The number of amides is 1. The fraction of sp³-hybridized carbons (Fsp3) is 0.263. The number of carbonyl (C=O) groups excluding carboxylic acids is 2. The third-order valence-electron chi connectivity index (χ3n) is 4.19. The van der Waals surface area contributed by atoms with E-state index in [1.165, 1.54) is 7.11 Å². The Morgan fingerprint density at radius 1 is 1.16 bits per heavy atom. The van der Waals surface area contributed by atoms with E-state index in [1.54, 1.807) is 47.3 Å². The zero-order chi connectivity index (χ0) is 18.4. The van der Waals surface area contributed by atoms with Crippen LogP contribution in [-0.4, -0.2) is 19.0 Å². The molecule has 0 bridgehead atoms. The van der Waals surface area contributed by atoms with Gasteiger partial charge in [-0.25, -0.2) is 0 Å². The standard InChI is InChI=1S/C19H19N3O3/c1-13-8-4-5-9-14(13)16(15(12-20)19(24)25-2)17(18(21)23)22-10-6-3-7-11-22/h3-11,15-17H,1-2H3,(H-,21,23)/p+1/t15?,16-,17+/m1/s1. The lowest BCUT2D eigenvalue weighted by molar-refractivity contribution is -0.712. The average Bonchev–Trinajstić information content (AvgIpc) is 2.62. The number of hydrogen-bond donors (Lipinski definition) is 1. The molecule has 0 aliphatic heterocycles. The summed E-state index contributed by atoms with van der Waals surface area (Å²) in [5, 5.41) is 9.62. The number of aromatic nitrogens is 1. The zero-order valence-electron chi connectivity index (χ0n) is 14.1. The Bertz CT molecular complexity index is 799. The average molecular weight is 338 g/mol. The number of aryl methyl sites for hydroxylation is 1. The lowest BCUT2D eigenvalue weighted by atomic mass is 9.78. The van der Waals surface area contributed by atoms with Crippen LogP contribution in [0.4, 0.5) is 0 Å². The summed E-state index contributed by atoms with van der Waals surface area (Å²) in [4.78, 5) is 24.5. The Labute approximate surface area is 146 Å². The number of nitrogens with two attached hydrogens (primary N) is 1. The van der Waals surface area contributed by atoms with E-state index in [2.05, 4.69) is 0 Å². The van der Waals surface area contributed by atoms with Gasteiger partial charge in [-0.05, 0) is 18.1 Å². The molecule has 1 unspecified atom stereocenters. The fourth-order valence-corrected chi connectivity index (χ4v) is 3.01. The van der Waals surface area contributed by atoms with Gasteiger partial charge in [0.1, 0.15) is 0 Å². The normalized spacial score (nSPS) is 14.0. The van der Waals surface area contributed by atoms with Crippen molar-refractivity contribution in [3.05, 3.63) is 66.0 Å². The van der Waals surface area contributed by atoms with E-state index in [4.69, 9.17) is 10.5 Å². The molecule has 0 spiro atoms. The third-order valence-corrected chi connectivity index (χ3v) is 4.19. The molecular weight excluding hydrogens is 318 g/mol. The van der Waals surface area contributed by atoms with Crippen molar-refractivity contribution in [1.82, 2.24) is 0 Å². The summed E-state index contributed by atoms with van der Waals surface area (Å²) in [6.45, 7) is 1.86. The first-order chi connectivity index (χ1) is 12.0. The van der Waals surface area contributed by atoms with Crippen molar-refractivity contribution in [3.63, 3.8) is 0 Å². The van der Waals surface area contributed by atoms with Crippen molar-refractivity contribution in [3.8, 4) is 6.07 Å². The van der Waals surface area contributed by atoms with Gasteiger partial charge in [-0.1, -0.05) is 30.3 Å². The molecule has 3 atom stereocenters. The molecule has 1 amide bonds. The summed E-state index contributed by atoms with van der Waals surface area (Å²) in [7, 11) is 1.22. The van der Waals surface area contributed by atoms with Gasteiger partial charge in [-0.15, -0.1) is 0 Å². The summed E-state index contributed by atoms with van der Waals surface area (Å²) in [6.07, 6.45) is 3.37. The van der Waals surface area contributed by atoms with E-state index in [9.17, 15) is 14.9 Å². The van der Waals surface area contributed by atoms with Crippen LogP contribution in [-0.2, 0) is 14.3 Å². The van der Waals surface area contributed by atoms with Crippen molar-refractivity contribution in [2.45, 2.75) is 18.9 Å². The van der Waals surface area contributed by atoms with Crippen LogP contribution in [0.1, 0.15) is 23.1 Å². The summed E-state index contributed by atoms with van der Waals surface area (Å²) in [5.41, 5.74) is 7.24. The monoisotopic (exact) mass is 338 g/mol. The molecule has 0 fully saturated rings. The highest BCUT2D eigenvalue weighted by molar-refractivity contribution is 5.82. The lowest BCUT2D eigenvalue weighted by Gasteiger charge is -2.25. The number of nitrogens with zero attached hydrogens (tertiary/aromatic N) is 2. The number of ether oxygens (including phenoxy) is 1. The van der Waals surface area contributed by atoms with Crippen LogP contribution in [0, 0.1) is 24.2 Å². The molecule has 0 aliphatic carbocycles. The topological polar surface area (TPSA) is 97.1 Å². The van der Waals surface area contributed by atoms with E-state index in [1.807, 2.05) is 25.1 Å². The van der Waals surface area contributed by atoms with Gasteiger partial charge < -0.3 is 10.5 Å². The predicted octanol–water partition coefficient (Wildman–Crippen LogP) is 1.41. The van der Waals surface area contributed by atoms with Gasteiger partial charge in [0.05, 0.1) is 19.1 Å². The van der Waals surface area contributed by atoms with E-state index in [-0.39, 0.29) is 0 Å². The number of methoxy groups -OCH3 is 1. The highest BCUT2D eigenvalue weighted by atomic mass is 16.5. The van der Waals surface area contributed by atoms with Crippen molar-refractivity contribution in [1.29, 1.82) is 5.26 Å². The number of rotatable bonds is 6. The number of esters is 1. The Morgan fingerprint density at radius 3 is 2.32 bits per heavy atom. The molecule has 2 N–H and O–H groups in total. The Morgan fingerprint density at radius 2 is 1.80 bits per heavy atom. The lowest BCUT2D eigenvalue weighted by Crippen LogP contribution is -2.51. The van der Waals surface area contributed by atoms with Gasteiger partial charge in [0.25, 0.3) is 5.91 Å². The summed E-state index contributed by atoms with van der Waals surface area (Å²) >= 11 is 0. The number of pyridine rings is 1.